The fraction of sp³-hybridized carbons (Fsp3) is 0.500. The van der Waals surface area contributed by atoms with Crippen molar-refractivity contribution in [2.45, 2.75) is 43.6 Å². The van der Waals surface area contributed by atoms with Gasteiger partial charge in [-0.15, -0.1) is 12.4 Å². The number of hydrogen-bond acceptors (Lipinski definition) is 3. The standard InChI is InChI=1S/C16H22N2O3.ClH/c17-13(10-14(19)20)15(21)18-11-16(8-4-5-9-16)12-6-2-1-3-7-12;/h1-3,6-7,13H,4-5,8-11,17H2,(H,18,21)(H,19,20);1H/t13-;/m0./s1. The number of halogens is 1. The molecule has 0 bridgehead atoms. The first kappa shape index (κ1) is 18.5. The van der Waals surface area contributed by atoms with Gasteiger partial charge in [0.2, 0.25) is 5.91 Å². The Morgan fingerprint density at radius 1 is 1.23 bits per heavy atom. The molecule has 0 aromatic heterocycles. The van der Waals surface area contributed by atoms with Crippen molar-refractivity contribution >= 4 is 24.3 Å². The fourth-order valence-electron chi connectivity index (χ4n) is 3.08. The Morgan fingerprint density at radius 3 is 2.36 bits per heavy atom. The number of amides is 1. The van der Waals surface area contributed by atoms with E-state index in [1.165, 1.54) is 5.56 Å². The summed E-state index contributed by atoms with van der Waals surface area (Å²) in [5.41, 5.74) is 6.78. The molecule has 0 spiro atoms. The molecule has 1 aromatic carbocycles. The lowest BCUT2D eigenvalue weighted by Crippen LogP contribution is -2.46. The third-order valence-corrected chi connectivity index (χ3v) is 4.28. The Morgan fingerprint density at radius 2 is 1.82 bits per heavy atom. The minimum absolute atomic E-state index is 0. The van der Waals surface area contributed by atoms with E-state index in [1.807, 2.05) is 18.2 Å². The molecule has 0 heterocycles. The Bertz CT molecular complexity index is 501. The lowest BCUT2D eigenvalue weighted by atomic mass is 9.79. The molecule has 1 atom stereocenters. The summed E-state index contributed by atoms with van der Waals surface area (Å²) in [5, 5.41) is 11.5. The molecule has 4 N–H and O–H groups in total. The van der Waals surface area contributed by atoms with Gasteiger partial charge in [0.05, 0.1) is 12.5 Å². The third kappa shape index (κ3) is 4.45. The average Bonchev–Trinajstić information content (AvgIpc) is 2.95. The molecule has 0 aliphatic heterocycles. The number of hydrogen-bond donors (Lipinski definition) is 3. The topological polar surface area (TPSA) is 92.4 Å². The van der Waals surface area contributed by atoms with E-state index in [1.54, 1.807) is 0 Å². The van der Waals surface area contributed by atoms with E-state index in [-0.39, 0.29) is 30.2 Å². The summed E-state index contributed by atoms with van der Waals surface area (Å²) in [4.78, 5) is 22.5. The van der Waals surface area contributed by atoms with Crippen molar-refractivity contribution in [2.24, 2.45) is 5.73 Å². The Balaban J connectivity index is 0.00000242. The summed E-state index contributed by atoms with van der Waals surface area (Å²) in [6.07, 6.45) is 4.01. The smallest absolute Gasteiger partial charge is 0.305 e. The summed E-state index contributed by atoms with van der Waals surface area (Å²) in [6, 6.07) is 9.19. The van der Waals surface area contributed by atoms with Gasteiger partial charge < -0.3 is 16.2 Å². The summed E-state index contributed by atoms with van der Waals surface area (Å²) >= 11 is 0. The highest BCUT2D eigenvalue weighted by Crippen LogP contribution is 2.40. The van der Waals surface area contributed by atoms with Gasteiger partial charge in [0.25, 0.3) is 0 Å². The van der Waals surface area contributed by atoms with E-state index >= 15 is 0 Å². The number of nitrogens with two attached hydrogens (primary N) is 1. The normalized spacial score (nSPS) is 17.3. The van der Waals surface area contributed by atoms with Crippen LogP contribution in [0.3, 0.4) is 0 Å². The van der Waals surface area contributed by atoms with E-state index in [9.17, 15) is 9.59 Å². The molecule has 1 aliphatic rings. The van der Waals surface area contributed by atoms with Gasteiger partial charge in [0, 0.05) is 12.0 Å². The van der Waals surface area contributed by atoms with Crippen molar-refractivity contribution in [2.75, 3.05) is 6.54 Å². The van der Waals surface area contributed by atoms with Crippen LogP contribution in [-0.4, -0.2) is 29.6 Å². The summed E-state index contributed by atoms with van der Waals surface area (Å²) < 4.78 is 0. The van der Waals surface area contributed by atoms with Gasteiger partial charge in [-0.2, -0.15) is 0 Å². The minimum atomic E-state index is -1.06. The van der Waals surface area contributed by atoms with Crippen LogP contribution in [0.4, 0.5) is 0 Å². The van der Waals surface area contributed by atoms with E-state index < -0.39 is 12.0 Å². The molecule has 22 heavy (non-hydrogen) atoms. The second kappa shape index (κ2) is 8.15. The first-order chi connectivity index (χ1) is 10.0. The van der Waals surface area contributed by atoms with Crippen LogP contribution in [0.1, 0.15) is 37.7 Å². The quantitative estimate of drug-likeness (QED) is 0.743. The van der Waals surface area contributed by atoms with Crippen molar-refractivity contribution < 1.29 is 14.7 Å². The SMILES string of the molecule is Cl.N[C@@H](CC(=O)O)C(=O)NCC1(c2ccccc2)CCCC1. The number of aliphatic carboxylic acids is 1. The van der Waals surface area contributed by atoms with Gasteiger partial charge in [-0.25, -0.2) is 0 Å². The fourth-order valence-corrected chi connectivity index (χ4v) is 3.08. The molecule has 0 unspecified atom stereocenters. The molecule has 1 fully saturated rings. The van der Waals surface area contributed by atoms with Gasteiger partial charge in [-0.05, 0) is 18.4 Å². The molecule has 122 valence electrons. The average molecular weight is 327 g/mol. The third-order valence-electron chi connectivity index (χ3n) is 4.28. The van der Waals surface area contributed by atoms with E-state index in [0.717, 1.165) is 25.7 Å². The van der Waals surface area contributed by atoms with Gasteiger partial charge in [0.1, 0.15) is 0 Å². The zero-order valence-corrected chi connectivity index (χ0v) is 13.3. The van der Waals surface area contributed by atoms with Crippen molar-refractivity contribution in [1.82, 2.24) is 5.32 Å². The first-order valence-electron chi connectivity index (χ1n) is 7.34. The second-order valence-corrected chi connectivity index (χ2v) is 5.78. The molecule has 0 saturated heterocycles. The number of carboxylic acid groups (broad SMARTS) is 1. The number of carbonyl (C=O) groups is 2. The summed E-state index contributed by atoms with van der Waals surface area (Å²) in [5.74, 6) is -1.45. The highest BCUT2D eigenvalue weighted by molar-refractivity contribution is 5.86. The Kier molecular flexibility index (Phi) is 6.84. The molecule has 0 radical (unpaired) electrons. The van der Waals surface area contributed by atoms with Gasteiger partial charge in [-0.1, -0.05) is 43.2 Å². The first-order valence-corrected chi connectivity index (χ1v) is 7.34. The number of rotatable bonds is 6. The highest BCUT2D eigenvalue weighted by atomic mass is 35.5. The number of carbonyl (C=O) groups excluding carboxylic acids is 1. The zero-order valence-electron chi connectivity index (χ0n) is 12.5. The van der Waals surface area contributed by atoms with Crippen LogP contribution in [0, 0.1) is 0 Å². The number of benzene rings is 1. The van der Waals surface area contributed by atoms with Crippen LogP contribution in [0.25, 0.3) is 0 Å². The van der Waals surface area contributed by atoms with Crippen molar-refractivity contribution in [3.63, 3.8) is 0 Å². The summed E-state index contributed by atoms with van der Waals surface area (Å²) in [6.45, 7) is 0.517. The Hall–Kier alpha value is -1.59. The van der Waals surface area contributed by atoms with E-state index in [0.29, 0.717) is 6.54 Å². The van der Waals surface area contributed by atoms with Crippen LogP contribution in [0.15, 0.2) is 30.3 Å². The monoisotopic (exact) mass is 326 g/mol. The highest BCUT2D eigenvalue weighted by Gasteiger charge is 2.36. The van der Waals surface area contributed by atoms with Crippen LogP contribution in [0.2, 0.25) is 0 Å². The maximum absolute atomic E-state index is 11.9. The molecule has 1 aliphatic carbocycles. The zero-order chi connectivity index (χ0) is 15.3. The largest absolute Gasteiger partial charge is 0.481 e. The van der Waals surface area contributed by atoms with Crippen LogP contribution >= 0.6 is 12.4 Å². The predicted molar refractivity (Wildman–Crippen MR) is 87.1 cm³/mol. The van der Waals surface area contributed by atoms with Crippen LogP contribution in [-0.2, 0) is 15.0 Å². The molecule has 6 heteroatoms. The number of nitrogens with one attached hydrogen (secondary N) is 1. The van der Waals surface area contributed by atoms with Crippen molar-refractivity contribution in [3.8, 4) is 0 Å². The second-order valence-electron chi connectivity index (χ2n) is 5.78. The van der Waals surface area contributed by atoms with Crippen molar-refractivity contribution in [3.05, 3.63) is 35.9 Å². The maximum atomic E-state index is 11.9. The van der Waals surface area contributed by atoms with E-state index in [4.69, 9.17) is 10.8 Å². The lowest BCUT2D eigenvalue weighted by molar-refractivity contribution is -0.139. The molecule has 1 amide bonds. The molecular weight excluding hydrogens is 304 g/mol. The van der Waals surface area contributed by atoms with Gasteiger partial charge >= 0.3 is 5.97 Å². The predicted octanol–water partition coefficient (Wildman–Crippen LogP) is 1.84. The van der Waals surface area contributed by atoms with Crippen molar-refractivity contribution in [1.29, 1.82) is 0 Å². The summed E-state index contributed by atoms with van der Waals surface area (Å²) in [7, 11) is 0. The number of carboxylic acids is 1. The van der Waals surface area contributed by atoms with Crippen LogP contribution in [0.5, 0.6) is 0 Å². The van der Waals surface area contributed by atoms with Gasteiger partial charge in [0.15, 0.2) is 0 Å². The molecule has 2 rings (SSSR count). The molecule has 5 nitrogen and oxygen atoms in total. The minimum Gasteiger partial charge on any atom is -0.481 e. The Labute approximate surface area is 136 Å². The molecule has 1 saturated carbocycles. The molecule has 1 aromatic rings. The van der Waals surface area contributed by atoms with Crippen LogP contribution < -0.4 is 11.1 Å². The van der Waals surface area contributed by atoms with Gasteiger partial charge in [-0.3, -0.25) is 9.59 Å². The maximum Gasteiger partial charge on any atom is 0.305 e. The lowest BCUT2D eigenvalue weighted by Gasteiger charge is -2.30. The molecular formula is C16H23ClN2O3. The van der Waals surface area contributed by atoms with E-state index in [2.05, 4.69) is 17.4 Å².